The molecule has 2 aromatic rings. The normalized spacial score (nSPS) is 20.5. The van der Waals surface area contributed by atoms with E-state index >= 15 is 0 Å². The number of nitrogens with one attached hydrogen (secondary N) is 1. The van der Waals surface area contributed by atoms with E-state index < -0.39 is 0 Å². The SMILES string of the molecule is Cc1cnc2c(c1)cc1n2C(C)CNC1. The third-order valence-electron chi connectivity index (χ3n) is 3.08. The van der Waals surface area contributed by atoms with Crippen LogP contribution in [0.1, 0.15) is 24.2 Å². The molecule has 0 saturated carbocycles. The first-order valence-corrected chi connectivity index (χ1v) is 5.43. The second-order valence-corrected chi connectivity index (χ2v) is 4.41. The van der Waals surface area contributed by atoms with Crippen molar-refractivity contribution in [2.24, 2.45) is 0 Å². The van der Waals surface area contributed by atoms with Crippen LogP contribution in [0, 0.1) is 6.92 Å². The Hall–Kier alpha value is -1.35. The van der Waals surface area contributed by atoms with Gasteiger partial charge in [-0.15, -0.1) is 0 Å². The highest BCUT2D eigenvalue weighted by atomic mass is 15.1. The van der Waals surface area contributed by atoms with Gasteiger partial charge in [-0.05, 0) is 31.5 Å². The van der Waals surface area contributed by atoms with Crippen molar-refractivity contribution in [1.29, 1.82) is 0 Å². The molecule has 2 aromatic heterocycles. The van der Waals surface area contributed by atoms with Gasteiger partial charge in [-0.1, -0.05) is 0 Å². The molecular weight excluding hydrogens is 186 g/mol. The van der Waals surface area contributed by atoms with Crippen LogP contribution < -0.4 is 5.32 Å². The lowest BCUT2D eigenvalue weighted by atomic mass is 10.2. The van der Waals surface area contributed by atoms with E-state index in [0.29, 0.717) is 6.04 Å². The Bertz CT molecular complexity index is 513. The van der Waals surface area contributed by atoms with Crippen molar-refractivity contribution in [3.05, 3.63) is 29.6 Å². The molecule has 3 heteroatoms. The molecule has 78 valence electrons. The molecular formula is C12H15N3. The molecule has 3 rings (SSSR count). The predicted octanol–water partition coefficient (Wildman–Crippen LogP) is 2.01. The Labute approximate surface area is 89.1 Å². The van der Waals surface area contributed by atoms with E-state index in [1.165, 1.54) is 16.6 Å². The molecule has 0 spiro atoms. The fraction of sp³-hybridized carbons (Fsp3) is 0.417. The first-order chi connectivity index (χ1) is 7.25. The molecule has 0 radical (unpaired) electrons. The van der Waals surface area contributed by atoms with Gasteiger partial charge >= 0.3 is 0 Å². The third-order valence-corrected chi connectivity index (χ3v) is 3.08. The Morgan fingerprint density at radius 3 is 3.20 bits per heavy atom. The minimum Gasteiger partial charge on any atom is -0.324 e. The second-order valence-electron chi connectivity index (χ2n) is 4.41. The van der Waals surface area contributed by atoms with Crippen LogP contribution in [0.4, 0.5) is 0 Å². The lowest BCUT2D eigenvalue weighted by molar-refractivity contribution is 0.437. The average molecular weight is 201 g/mol. The van der Waals surface area contributed by atoms with Crippen molar-refractivity contribution in [2.75, 3.05) is 6.54 Å². The number of aryl methyl sites for hydroxylation is 1. The average Bonchev–Trinajstić information content (AvgIpc) is 2.56. The molecule has 1 N–H and O–H groups in total. The minimum atomic E-state index is 0.501. The van der Waals surface area contributed by atoms with Gasteiger partial charge in [0.05, 0.1) is 0 Å². The van der Waals surface area contributed by atoms with Gasteiger partial charge < -0.3 is 9.88 Å². The summed E-state index contributed by atoms with van der Waals surface area (Å²) in [6.45, 7) is 6.31. The van der Waals surface area contributed by atoms with E-state index in [2.05, 4.69) is 40.8 Å². The number of rotatable bonds is 0. The van der Waals surface area contributed by atoms with Crippen LogP contribution in [-0.2, 0) is 6.54 Å². The summed E-state index contributed by atoms with van der Waals surface area (Å²) < 4.78 is 2.35. The van der Waals surface area contributed by atoms with Crippen LogP contribution in [0.3, 0.4) is 0 Å². The Kier molecular flexibility index (Phi) is 1.83. The first-order valence-electron chi connectivity index (χ1n) is 5.43. The fourth-order valence-corrected chi connectivity index (χ4v) is 2.41. The summed E-state index contributed by atoms with van der Waals surface area (Å²) in [5.41, 5.74) is 3.71. The summed E-state index contributed by atoms with van der Waals surface area (Å²) in [7, 11) is 0. The van der Waals surface area contributed by atoms with E-state index in [1.807, 2.05) is 6.20 Å². The van der Waals surface area contributed by atoms with Gasteiger partial charge in [-0.2, -0.15) is 0 Å². The molecule has 0 amide bonds. The van der Waals surface area contributed by atoms with Gasteiger partial charge in [0.1, 0.15) is 5.65 Å². The molecule has 1 aliphatic heterocycles. The molecule has 1 aliphatic rings. The standard InChI is InChI=1S/C12H15N3/c1-8-3-10-4-11-7-13-6-9(2)15(11)12(10)14-5-8/h3-5,9,13H,6-7H2,1-2H3. The summed E-state index contributed by atoms with van der Waals surface area (Å²) >= 11 is 0. The largest absolute Gasteiger partial charge is 0.324 e. The van der Waals surface area contributed by atoms with E-state index in [4.69, 9.17) is 0 Å². The van der Waals surface area contributed by atoms with Crippen molar-refractivity contribution in [3.8, 4) is 0 Å². The highest BCUT2D eigenvalue weighted by Crippen LogP contribution is 2.25. The lowest BCUT2D eigenvalue weighted by Crippen LogP contribution is -2.31. The van der Waals surface area contributed by atoms with Gasteiger partial charge in [-0.25, -0.2) is 4.98 Å². The van der Waals surface area contributed by atoms with Crippen LogP contribution in [0.2, 0.25) is 0 Å². The second kappa shape index (κ2) is 3.07. The smallest absolute Gasteiger partial charge is 0.140 e. The van der Waals surface area contributed by atoms with E-state index in [-0.39, 0.29) is 0 Å². The van der Waals surface area contributed by atoms with Crippen molar-refractivity contribution >= 4 is 11.0 Å². The number of pyridine rings is 1. The summed E-state index contributed by atoms with van der Waals surface area (Å²) in [6, 6.07) is 4.96. The van der Waals surface area contributed by atoms with E-state index in [0.717, 1.165) is 18.7 Å². The molecule has 15 heavy (non-hydrogen) atoms. The van der Waals surface area contributed by atoms with Gasteiger partial charge in [-0.3, -0.25) is 0 Å². The highest BCUT2D eigenvalue weighted by Gasteiger charge is 2.18. The Morgan fingerprint density at radius 1 is 1.47 bits per heavy atom. The number of fused-ring (bicyclic) bond motifs is 3. The topological polar surface area (TPSA) is 29.9 Å². The van der Waals surface area contributed by atoms with Gasteiger partial charge in [0.2, 0.25) is 0 Å². The van der Waals surface area contributed by atoms with Gasteiger partial charge in [0.25, 0.3) is 0 Å². The molecule has 0 saturated heterocycles. The monoisotopic (exact) mass is 201 g/mol. The molecule has 3 nitrogen and oxygen atoms in total. The summed E-state index contributed by atoms with van der Waals surface area (Å²) in [6.07, 6.45) is 1.95. The van der Waals surface area contributed by atoms with E-state index in [9.17, 15) is 0 Å². The summed E-state index contributed by atoms with van der Waals surface area (Å²) in [4.78, 5) is 4.54. The molecule has 1 atom stereocenters. The van der Waals surface area contributed by atoms with Crippen LogP contribution in [0.25, 0.3) is 11.0 Å². The summed E-state index contributed by atoms with van der Waals surface area (Å²) in [5.74, 6) is 0. The van der Waals surface area contributed by atoms with Crippen LogP contribution in [0.15, 0.2) is 18.3 Å². The number of hydrogen-bond acceptors (Lipinski definition) is 2. The Morgan fingerprint density at radius 2 is 2.33 bits per heavy atom. The van der Waals surface area contributed by atoms with Crippen molar-refractivity contribution in [3.63, 3.8) is 0 Å². The minimum absolute atomic E-state index is 0.501. The van der Waals surface area contributed by atoms with Gasteiger partial charge in [0.15, 0.2) is 0 Å². The number of aromatic nitrogens is 2. The maximum absolute atomic E-state index is 4.54. The molecule has 0 aliphatic carbocycles. The van der Waals surface area contributed by atoms with Crippen molar-refractivity contribution < 1.29 is 0 Å². The van der Waals surface area contributed by atoms with Crippen LogP contribution >= 0.6 is 0 Å². The summed E-state index contributed by atoms with van der Waals surface area (Å²) in [5, 5.41) is 4.68. The zero-order valence-corrected chi connectivity index (χ0v) is 9.12. The maximum atomic E-state index is 4.54. The first kappa shape index (κ1) is 8.92. The molecule has 1 unspecified atom stereocenters. The third kappa shape index (κ3) is 1.27. The van der Waals surface area contributed by atoms with Crippen molar-refractivity contribution in [1.82, 2.24) is 14.9 Å². The molecule has 0 fully saturated rings. The Balaban J connectivity index is 2.32. The zero-order chi connectivity index (χ0) is 10.4. The maximum Gasteiger partial charge on any atom is 0.140 e. The van der Waals surface area contributed by atoms with Crippen LogP contribution in [-0.4, -0.2) is 16.1 Å². The van der Waals surface area contributed by atoms with Gasteiger partial charge in [0, 0.05) is 36.4 Å². The predicted molar refractivity (Wildman–Crippen MR) is 60.9 cm³/mol. The van der Waals surface area contributed by atoms with Crippen molar-refractivity contribution in [2.45, 2.75) is 26.4 Å². The number of hydrogen-bond donors (Lipinski definition) is 1. The quantitative estimate of drug-likeness (QED) is 0.706. The zero-order valence-electron chi connectivity index (χ0n) is 9.12. The van der Waals surface area contributed by atoms with E-state index in [1.54, 1.807) is 0 Å². The molecule has 0 aromatic carbocycles. The lowest BCUT2D eigenvalue weighted by Gasteiger charge is -2.24. The molecule has 0 bridgehead atoms. The van der Waals surface area contributed by atoms with Crippen LogP contribution in [0.5, 0.6) is 0 Å². The molecule has 3 heterocycles. The fourth-order valence-electron chi connectivity index (χ4n) is 2.41. The highest BCUT2D eigenvalue weighted by molar-refractivity contribution is 5.78. The number of nitrogens with zero attached hydrogens (tertiary/aromatic N) is 2.